The molecule has 0 heterocycles. The first kappa shape index (κ1) is 13.5. The highest BCUT2D eigenvalue weighted by Gasteiger charge is 2.09. The molecular weight excluding hydrogens is 232 g/mol. The van der Waals surface area contributed by atoms with Crippen molar-refractivity contribution in [2.45, 2.75) is 6.92 Å². The number of aliphatic imine (C=N–C) groups is 2. The van der Waals surface area contributed by atoms with Crippen LogP contribution in [0.2, 0.25) is 0 Å². The Bertz CT molecular complexity index is 516. The number of benzene rings is 1. The van der Waals surface area contributed by atoms with Gasteiger partial charge in [0.25, 0.3) is 5.91 Å². The van der Waals surface area contributed by atoms with Gasteiger partial charge in [0.2, 0.25) is 5.96 Å². The minimum atomic E-state index is -0.190. The summed E-state index contributed by atoms with van der Waals surface area (Å²) in [6.07, 6.45) is 0. The Labute approximate surface area is 105 Å². The van der Waals surface area contributed by atoms with Crippen LogP contribution in [0.5, 0.6) is 0 Å². The highest BCUT2D eigenvalue weighted by atomic mass is 16.1. The van der Waals surface area contributed by atoms with Crippen molar-refractivity contribution in [2.75, 3.05) is 7.05 Å². The van der Waals surface area contributed by atoms with Gasteiger partial charge >= 0.3 is 0 Å². The highest BCUT2D eigenvalue weighted by molar-refractivity contribution is 5.98. The molecule has 1 rings (SSSR count). The predicted molar refractivity (Wildman–Crippen MR) is 71.7 cm³/mol. The minimum Gasteiger partial charge on any atom is -0.370 e. The summed E-state index contributed by atoms with van der Waals surface area (Å²) in [5, 5.41) is 2.55. The smallest absolute Gasteiger partial charge is 0.251 e. The third-order valence-electron chi connectivity index (χ3n) is 2.26. The molecule has 0 spiro atoms. The third kappa shape index (κ3) is 3.21. The van der Waals surface area contributed by atoms with E-state index in [9.17, 15) is 4.79 Å². The molecule has 96 valence electrons. The van der Waals surface area contributed by atoms with Crippen molar-refractivity contribution in [3.63, 3.8) is 0 Å². The molecule has 1 amide bonds. The van der Waals surface area contributed by atoms with Crippen LogP contribution in [0.25, 0.3) is 0 Å². The Balaban J connectivity index is 3.20. The van der Waals surface area contributed by atoms with Crippen LogP contribution in [0.3, 0.4) is 0 Å². The molecule has 0 saturated heterocycles. The summed E-state index contributed by atoms with van der Waals surface area (Å²) in [5.74, 6) is -0.423. The standard InChI is InChI=1S/C11H16N6O/c1-6-7(9(18)15-2)4-3-5-8(6)16-11(14)17-10(12)13/h3-5H,1-2H3,(H,15,18)(H6,12,13,14,16,17). The molecule has 7 nitrogen and oxygen atoms in total. The van der Waals surface area contributed by atoms with Gasteiger partial charge in [-0.25, -0.2) is 4.99 Å². The Morgan fingerprint density at radius 1 is 1.28 bits per heavy atom. The van der Waals surface area contributed by atoms with Crippen molar-refractivity contribution in [1.29, 1.82) is 0 Å². The van der Waals surface area contributed by atoms with Crippen LogP contribution in [0.15, 0.2) is 28.2 Å². The molecule has 0 aliphatic carbocycles. The van der Waals surface area contributed by atoms with Crippen molar-refractivity contribution in [1.82, 2.24) is 5.32 Å². The fourth-order valence-electron chi connectivity index (χ4n) is 1.41. The third-order valence-corrected chi connectivity index (χ3v) is 2.26. The molecule has 0 aliphatic rings. The van der Waals surface area contributed by atoms with E-state index in [4.69, 9.17) is 17.2 Å². The van der Waals surface area contributed by atoms with E-state index in [-0.39, 0.29) is 17.8 Å². The Morgan fingerprint density at radius 3 is 2.50 bits per heavy atom. The minimum absolute atomic E-state index is 0.0628. The van der Waals surface area contributed by atoms with Crippen molar-refractivity contribution >= 4 is 23.5 Å². The maximum absolute atomic E-state index is 11.6. The summed E-state index contributed by atoms with van der Waals surface area (Å²) in [7, 11) is 1.56. The van der Waals surface area contributed by atoms with E-state index in [1.807, 2.05) is 0 Å². The van der Waals surface area contributed by atoms with Crippen molar-refractivity contribution < 1.29 is 4.79 Å². The fraction of sp³-hybridized carbons (Fsp3) is 0.182. The monoisotopic (exact) mass is 248 g/mol. The fourth-order valence-corrected chi connectivity index (χ4v) is 1.41. The number of carbonyl (C=O) groups excluding carboxylic acids is 1. The summed E-state index contributed by atoms with van der Waals surface area (Å²) in [5.41, 5.74) is 17.7. The predicted octanol–water partition coefficient (Wildman–Crippen LogP) is -0.426. The molecule has 0 atom stereocenters. The van der Waals surface area contributed by atoms with Crippen LogP contribution < -0.4 is 22.5 Å². The summed E-state index contributed by atoms with van der Waals surface area (Å²) in [4.78, 5) is 19.2. The summed E-state index contributed by atoms with van der Waals surface area (Å²) in [6.45, 7) is 1.77. The van der Waals surface area contributed by atoms with Gasteiger partial charge < -0.3 is 22.5 Å². The molecule has 0 aliphatic heterocycles. The number of amides is 1. The van der Waals surface area contributed by atoms with Crippen molar-refractivity contribution in [3.05, 3.63) is 29.3 Å². The zero-order valence-corrected chi connectivity index (χ0v) is 10.3. The number of guanidine groups is 2. The molecule has 0 unspecified atom stereocenters. The average molecular weight is 248 g/mol. The number of rotatable bonds is 2. The maximum Gasteiger partial charge on any atom is 0.251 e. The van der Waals surface area contributed by atoms with Gasteiger partial charge in [0.1, 0.15) is 0 Å². The maximum atomic E-state index is 11.6. The van der Waals surface area contributed by atoms with E-state index in [0.29, 0.717) is 16.8 Å². The lowest BCUT2D eigenvalue weighted by molar-refractivity contribution is 0.0962. The van der Waals surface area contributed by atoms with Gasteiger partial charge in [-0.2, -0.15) is 4.99 Å². The first-order chi connectivity index (χ1) is 8.45. The number of nitrogens with two attached hydrogens (primary N) is 3. The van der Waals surface area contributed by atoms with Crippen molar-refractivity contribution in [2.24, 2.45) is 27.2 Å². The molecule has 7 heteroatoms. The first-order valence-corrected chi connectivity index (χ1v) is 5.21. The molecule has 18 heavy (non-hydrogen) atoms. The summed E-state index contributed by atoms with van der Waals surface area (Å²) in [6, 6.07) is 5.13. The van der Waals surface area contributed by atoms with Gasteiger partial charge in [-0.15, -0.1) is 0 Å². The molecular formula is C11H16N6O. The van der Waals surface area contributed by atoms with Crippen LogP contribution >= 0.6 is 0 Å². The molecule has 1 aromatic rings. The van der Waals surface area contributed by atoms with Crippen LogP contribution in [-0.4, -0.2) is 24.9 Å². The second-order valence-electron chi connectivity index (χ2n) is 3.54. The summed E-state index contributed by atoms with van der Waals surface area (Å²) >= 11 is 0. The van der Waals surface area contributed by atoms with E-state index < -0.39 is 0 Å². The van der Waals surface area contributed by atoms with Crippen LogP contribution in [-0.2, 0) is 0 Å². The Kier molecular flexibility index (Phi) is 4.25. The number of carbonyl (C=O) groups is 1. The molecule has 0 bridgehead atoms. The number of hydrogen-bond acceptors (Lipinski definition) is 2. The lowest BCUT2D eigenvalue weighted by Crippen LogP contribution is -2.26. The van der Waals surface area contributed by atoms with E-state index >= 15 is 0 Å². The second kappa shape index (κ2) is 5.67. The average Bonchev–Trinajstić information content (AvgIpc) is 2.30. The number of nitrogens with one attached hydrogen (secondary N) is 1. The van der Waals surface area contributed by atoms with Crippen LogP contribution in [0.4, 0.5) is 5.69 Å². The van der Waals surface area contributed by atoms with Gasteiger partial charge in [0.15, 0.2) is 5.96 Å². The van der Waals surface area contributed by atoms with E-state index in [1.54, 1.807) is 32.2 Å². The largest absolute Gasteiger partial charge is 0.370 e. The molecule has 0 aromatic heterocycles. The van der Waals surface area contributed by atoms with E-state index in [0.717, 1.165) is 0 Å². The van der Waals surface area contributed by atoms with Gasteiger partial charge in [0, 0.05) is 12.6 Å². The zero-order chi connectivity index (χ0) is 13.7. The molecule has 0 radical (unpaired) electrons. The normalized spacial score (nSPS) is 10.9. The Hall–Kier alpha value is -2.57. The van der Waals surface area contributed by atoms with Gasteiger partial charge in [-0.1, -0.05) is 6.07 Å². The highest BCUT2D eigenvalue weighted by Crippen LogP contribution is 2.21. The van der Waals surface area contributed by atoms with Crippen LogP contribution in [0, 0.1) is 6.92 Å². The molecule has 7 N–H and O–H groups in total. The molecule has 0 fully saturated rings. The molecule has 0 saturated carbocycles. The van der Waals surface area contributed by atoms with Crippen LogP contribution in [0.1, 0.15) is 15.9 Å². The van der Waals surface area contributed by atoms with Crippen molar-refractivity contribution in [3.8, 4) is 0 Å². The molecule has 1 aromatic carbocycles. The van der Waals surface area contributed by atoms with Gasteiger partial charge in [-0.3, -0.25) is 4.79 Å². The lowest BCUT2D eigenvalue weighted by atomic mass is 10.1. The van der Waals surface area contributed by atoms with E-state index in [1.165, 1.54) is 0 Å². The topological polar surface area (TPSA) is 132 Å². The second-order valence-corrected chi connectivity index (χ2v) is 3.54. The Morgan fingerprint density at radius 2 is 1.94 bits per heavy atom. The number of hydrogen-bond donors (Lipinski definition) is 4. The van der Waals surface area contributed by atoms with Gasteiger partial charge in [-0.05, 0) is 24.6 Å². The first-order valence-electron chi connectivity index (χ1n) is 5.21. The van der Waals surface area contributed by atoms with Gasteiger partial charge in [0.05, 0.1) is 5.69 Å². The lowest BCUT2D eigenvalue weighted by Gasteiger charge is -2.07. The zero-order valence-electron chi connectivity index (χ0n) is 10.3. The quantitative estimate of drug-likeness (QED) is 0.417. The summed E-state index contributed by atoms with van der Waals surface area (Å²) < 4.78 is 0. The number of nitrogens with zero attached hydrogens (tertiary/aromatic N) is 2. The SMILES string of the molecule is CNC(=O)c1cccc(N=C(N)N=C(N)N)c1C. The van der Waals surface area contributed by atoms with E-state index in [2.05, 4.69) is 15.3 Å².